The minimum absolute atomic E-state index is 0.126. The molecule has 0 bridgehead atoms. The van der Waals surface area contributed by atoms with Crippen LogP contribution in [0.5, 0.6) is 0 Å². The molecule has 4 aromatic carbocycles. The van der Waals surface area contributed by atoms with E-state index in [1.165, 1.54) is 74.5 Å². The van der Waals surface area contributed by atoms with Crippen molar-refractivity contribution in [2.24, 2.45) is 0 Å². The summed E-state index contributed by atoms with van der Waals surface area (Å²) in [6.45, 7) is 6.11. The SMILES string of the molecule is CCCCCCCCCCCCCC1CN(C(c2ccccc2)(c2ccccc2)c2ccccc2)CCN1S(=O)(=O)c1ccc(CC)cc1. The molecule has 0 radical (unpaired) electrons. The van der Waals surface area contributed by atoms with Gasteiger partial charge in [0.25, 0.3) is 0 Å². The van der Waals surface area contributed by atoms with E-state index in [1.807, 2.05) is 28.6 Å². The fourth-order valence-corrected chi connectivity index (χ4v) is 9.49. The summed E-state index contributed by atoms with van der Waals surface area (Å²) in [5.74, 6) is 0. The van der Waals surface area contributed by atoms with Crippen molar-refractivity contribution in [1.29, 1.82) is 0 Å². The number of piperazine rings is 1. The molecule has 262 valence electrons. The van der Waals surface area contributed by atoms with E-state index < -0.39 is 15.6 Å². The number of hydrogen-bond acceptors (Lipinski definition) is 3. The lowest BCUT2D eigenvalue weighted by Crippen LogP contribution is -2.61. The van der Waals surface area contributed by atoms with Crippen LogP contribution < -0.4 is 0 Å². The number of nitrogens with zero attached hydrogens (tertiary/aromatic N) is 2. The van der Waals surface area contributed by atoms with E-state index in [4.69, 9.17) is 0 Å². The highest BCUT2D eigenvalue weighted by molar-refractivity contribution is 7.89. The fourth-order valence-electron chi connectivity index (χ4n) is 7.86. The van der Waals surface area contributed by atoms with E-state index in [9.17, 15) is 8.42 Å². The highest BCUT2D eigenvalue weighted by Crippen LogP contribution is 2.44. The highest BCUT2D eigenvalue weighted by Gasteiger charge is 2.47. The molecule has 1 aliphatic heterocycles. The third-order valence-electron chi connectivity index (χ3n) is 10.6. The molecule has 4 aromatic rings. The van der Waals surface area contributed by atoms with Crippen molar-refractivity contribution in [3.63, 3.8) is 0 Å². The van der Waals surface area contributed by atoms with Gasteiger partial charge in [-0.1, -0.05) is 188 Å². The van der Waals surface area contributed by atoms with Gasteiger partial charge in [-0.15, -0.1) is 0 Å². The first-order valence-corrected chi connectivity index (χ1v) is 20.5. The molecule has 1 aliphatic rings. The van der Waals surface area contributed by atoms with Crippen LogP contribution in [0.25, 0.3) is 0 Å². The van der Waals surface area contributed by atoms with Crippen LogP contribution in [0.4, 0.5) is 0 Å². The Morgan fingerprint density at radius 3 is 1.47 bits per heavy atom. The molecule has 49 heavy (non-hydrogen) atoms. The van der Waals surface area contributed by atoms with Crippen molar-refractivity contribution in [2.45, 2.75) is 114 Å². The second-order valence-electron chi connectivity index (χ2n) is 13.8. The van der Waals surface area contributed by atoms with Gasteiger partial charge < -0.3 is 0 Å². The molecule has 0 amide bonds. The largest absolute Gasteiger partial charge is 0.283 e. The molecular weight excluding hydrogens is 621 g/mol. The molecule has 5 heteroatoms. The Labute approximate surface area is 297 Å². The summed E-state index contributed by atoms with van der Waals surface area (Å²) in [4.78, 5) is 2.98. The normalized spacial score (nSPS) is 16.2. The predicted molar refractivity (Wildman–Crippen MR) is 205 cm³/mol. The molecule has 0 N–H and O–H groups in total. The summed E-state index contributed by atoms with van der Waals surface area (Å²) in [5, 5.41) is 0. The first-order valence-electron chi connectivity index (χ1n) is 19.0. The van der Waals surface area contributed by atoms with Crippen LogP contribution in [0, 0.1) is 0 Å². The zero-order valence-corrected chi connectivity index (χ0v) is 30.8. The minimum atomic E-state index is -3.66. The molecule has 1 saturated heterocycles. The smallest absolute Gasteiger partial charge is 0.243 e. The number of unbranched alkanes of at least 4 members (excludes halogenated alkanes) is 10. The van der Waals surface area contributed by atoms with Gasteiger partial charge in [0.1, 0.15) is 0 Å². The average Bonchev–Trinajstić information content (AvgIpc) is 3.15. The maximum atomic E-state index is 14.4. The molecule has 0 saturated carbocycles. The zero-order valence-electron chi connectivity index (χ0n) is 30.0. The molecule has 0 spiro atoms. The highest BCUT2D eigenvalue weighted by atomic mass is 32.2. The van der Waals surface area contributed by atoms with Gasteiger partial charge >= 0.3 is 0 Å². The third-order valence-corrected chi connectivity index (χ3v) is 12.5. The molecule has 1 unspecified atom stereocenters. The molecule has 0 aliphatic carbocycles. The van der Waals surface area contributed by atoms with Gasteiger partial charge in [-0.2, -0.15) is 4.31 Å². The Morgan fingerprint density at radius 1 is 0.571 bits per heavy atom. The minimum Gasteiger partial charge on any atom is -0.283 e. The lowest BCUT2D eigenvalue weighted by atomic mass is 9.75. The Balaban J connectivity index is 1.41. The molecular formula is C44H58N2O2S. The van der Waals surface area contributed by atoms with Crippen LogP contribution in [-0.4, -0.2) is 43.3 Å². The van der Waals surface area contributed by atoms with E-state index in [1.54, 1.807) is 0 Å². The maximum absolute atomic E-state index is 14.4. The van der Waals surface area contributed by atoms with Crippen LogP contribution in [0.15, 0.2) is 120 Å². The molecule has 1 atom stereocenters. The number of aryl methyl sites for hydroxylation is 1. The van der Waals surface area contributed by atoms with E-state index in [0.29, 0.717) is 24.5 Å². The summed E-state index contributed by atoms with van der Waals surface area (Å²) in [6.07, 6.45) is 15.8. The lowest BCUT2D eigenvalue weighted by molar-refractivity contribution is 0.0664. The first kappa shape index (κ1) is 37.0. The van der Waals surface area contributed by atoms with E-state index in [0.717, 1.165) is 31.2 Å². The van der Waals surface area contributed by atoms with Crippen LogP contribution in [0.2, 0.25) is 0 Å². The van der Waals surface area contributed by atoms with Crippen molar-refractivity contribution in [1.82, 2.24) is 9.21 Å². The van der Waals surface area contributed by atoms with Gasteiger partial charge in [-0.3, -0.25) is 4.90 Å². The van der Waals surface area contributed by atoms with Gasteiger partial charge in [0, 0.05) is 25.7 Å². The molecule has 1 fully saturated rings. The quantitative estimate of drug-likeness (QED) is 0.0732. The number of benzene rings is 4. The van der Waals surface area contributed by atoms with Crippen molar-refractivity contribution >= 4 is 10.0 Å². The molecule has 4 nitrogen and oxygen atoms in total. The number of sulfonamides is 1. The monoisotopic (exact) mass is 678 g/mol. The molecule has 0 aromatic heterocycles. The number of rotatable bonds is 19. The van der Waals surface area contributed by atoms with E-state index in [2.05, 4.69) is 110 Å². The van der Waals surface area contributed by atoms with Gasteiger partial charge in [0.15, 0.2) is 0 Å². The third kappa shape index (κ3) is 9.11. The maximum Gasteiger partial charge on any atom is 0.243 e. The van der Waals surface area contributed by atoms with Crippen molar-refractivity contribution < 1.29 is 8.42 Å². The zero-order chi connectivity index (χ0) is 34.4. The standard InChI is InChI=1S/C44H58N2O2S/c1-3-5-6-7-8-9-10-11-12-13-23-30-42-37-45(35-36-46(42)49(47,48)43-33-31-38(4-2)32-34-43)44(39-24-17-14-18-25-39,40-26-19-15-20-27-40)41-28-21-16-22-29-41/h14-22,24-29,31-34,42H,3-13,23,30,35-37H2,1-2H3. The summed E-state index contributed by atoms with van der Waals surface area (Å²) in [6, 6.07) is 39.8. The van der Waals surface area contributed by atoms with Gasteiger partial charge in [-0.25, -0.2) is 8.42 Å². The van der Waals surface area contributed by atoms with Crippen molar-refractivity contribution in [3.8, 4) is 0 Å². The Bertz CT molecular complexity index is 1510. The van der Waals surface area contributed by atoms with Crippen LogP contribution in [-0.2, 0) is 22.0 Å². The Hall–Kier alpha value is -3.25. The fraction of sp³-hybridized carbons (Fsp3) is 0.455. The summed E-state index contributed by atoms with van der Waals surface area (Å²) >= 11 is 0. The predicted octanol–water partition coefficient (Wildman–Crippen LogP) is 10.6. The number of hydrogen-bond donors (Lipinski definition) is 0. The van der Waals surface area contributed by atoms with Crippen LogP contribution in [0.1, 0.15) is 113 Å². The van der Waals surface area contributed by atoms with Gasteiger partial charge in [-0.05, 0) is 47.2 Å². The summed E-state index contributed by atoms with van der Waals surface area (Å²) in [7, 11) is -3.66. The van der Waals surface area contributed by atoms with Gasteiger partial charge in [0.2, 0.25) is 10.0 Å². The van der Waals surface area contributed by atoms with E-state index >= 15 is 0 Å². The lowest BCUT2D eigenvalue weighted by Gasteiger charge is -2.51. The Morgan fingerprint density at radius 2 is 1.02 bits per heavy atom. The van der Waals surface area contributed by atoms with Crippen LogP contribution >= 0.6 is 0 Å². The summed E-state index contributed by atoms with van der Waals surface area (Å²) in [5.41, 5.74) is 4.20. The van der Waals surface area contributed by atoms with Crippen molar-refractivity contribution in [3.05, 3.63) is 138 Å². The van der Waals surface area contributed by atoms with Crippen molar-refractivity contribution in [2.75, 3.05) is 19.6 Å². The van der Waals surface area contributed by atoms with Crippen LogP contribution in [0.3, 0.4) is 0 Å². The molecule has 1 heterocycles. The molecule has 5 rings (SSSR count). The Kier molecular flexibility index (Phi) is 14.1. The van der Waals surface area contributed by atoms with Gasteiger partial charge in [0.05, 0.1) is 10.4 Å². The topological polar surface area (TPSA) is 40.6 Å². The van der Waals surface area contributed by atoms with E-state index in [-0.39, 0.29) is 6.04 Å². The second-order valence-corrected chi connectivity index (χ2v) is 15.7. The second kappa shape index (κ2) is 18.7. The average molecular weight is 679 g/mol. The summed E-state index contributed by atoms with van der Waals surface area (Å²) < 4.78 is 30.6. The first-order chi connectivity index (χ1) is 24.0.